The molecular formula is C28H36N4O2S. The zero-order valence-corrected chi connectivity index (χ0v) is 21.6. The number of hydrogen-bond acceptors (Lipinski definition) is 4. The van der Waals surface area contributed by atoms with Crippen molar-refractivity contribution in [1.29, 1.82) is 0 Å². The van der Waals surface area contributed by atoms with Crippen LogP contribution in [0.1, 0.15) is 28.7 Å². The summed E-state index contributed by atoms with van der Waals surface area (Å²) in [6.45, 7) is 10.7. The third-order valence-corrected chi connectivity index (χ3v) is 7.11. The van der Waals surface area contributed by atoms with Crippen molar-refractivity contribution in [1.82, 2.24) is 20.1 Å². The Morgan fingerprint density at radius 2 is 1.86 bits per heavy atom. The molecule has 2 N–H and O–H groups in total. The predicted octanol–water partition coefficient (Wildman–Crippen LogP) is 3.79. The topological polar surface area (TPSA) is 60.6 Å². The first kappa shape index (κ1) is 25.4. The average Bonchev–Trinajstić information content (AvgIpc) is 2.87. The summed E-state index contributed by atoms with van der Waals surface area (Å²) < 4.78 is 5.47. The molecule has 2 heterocycles. The number of benzene rings is 2. The van der Waals surface area contributed by atoms with Crippen LogP contribution in [0.4, 0.5) is 0 Å². The van der Waals surface area contributed by atoms with E-state index in [1.807, 2.05) is 19.1 Å². The second-order valence-corrected chi connectivity index (χ2v) is 9.70. The molecule has 2 aromatic carbocycles. The van der Waals surface area contributed by atoms with Crippen molar-refractivity contribution in [2.24, 2.45) is 0 Å². The molecule has 3 aromatic rings. The summed E-state index contributed by atoms with van der Waals surface area (Å²) in [5.74, 6) is 0. The molecular weight excluding hydrogens is 456 g/mol. The van der Waals surface area contributed by atoms with E-state index >= 15 is 0 Å². The molecule has 0 aliphatic carbocycles. The van der Waals surface area contributed by atoms with Gasteiger partial charge in [0.2, 0.25) is 0 Å². The zero-order valence-electron chi connectivity index (χ0n) is 20.8. The summed E-state index contributed by atoms with van der Waals surface area (Å²) in [6.07, 6.45) is 1.88. The molecule has 0 spiro atoms. The van der Waals surface area contributed by atoms with Crippen LogP contribution in [0.25, 0.3) is 10.9 Å². The monoisotopic (exact) mass is 492 g/mol. The Labute approximate surface area is 213 Å². The van der Waals surface area contributed by atoms with Gasteiger partial charge in [0.25, 0.3) is 5.56 Å². The van der Waals surface area contributed by atoms with Gasteiger partial charge in [-0.3, -0.25) is 9.69 Å². The number of rotatable bonds is 9. The highest BCUT2D eigenvalue weighted by atomic mass is 32.1. The fraction of sp³-hybridized carbons (Fsp3) is 0.429. The molecule has 0 radical (unpaired) electrons. The van der Waals surface area contributed by atoms with E-state index in [9.17, 15) is 4.79 Å². The van der Waals surface area contributed by atoms with Gasteiger partial charge < -0.3 is 19.9 Å². The second kappa shape index (κ2) is 12.3. The van der Waals surface area contributed by atoms with Crippen molar-refractivity contribution in [2.45, 2.75) is 33.2 Å². The van der Waals surface area contributed by atoms with Crippen LogP contribution in [0.2, 0.25) is 0 Å². The van der Waals surface area contributed by atoms with Crippen LogP contribution in [0.5, 0.6) is 0 Å². The first-order valence-corrected chi connectivity index (χ1v) is 12.9. The number of hydrogen-bond donors (Lipinski definition) is 2. The number of H-pyrrole nitrogens is 1. The van der Waals surface area contributed by atoms with Crippen LogP contribution in [-0.4, -0.2) is 65.8 Å². The summed E-state index contributed by atoms with van der Waals surface area (Å²) in [5.41, 5.74) is 5.13. The molecule has 0 amide bonds. The molecule has 6 nitrogen and oxygen atoms in total. The molecule has 0 saturated carbocycles. The van der Waals surface area contributed by atoms with Gasteiger partial charge in [0.05, 0.1) is 25.3 Å². The third kappa shape index (κ3) is 6.90. The molecule has 1 fully saturated rings. The minimum atomic E-state index is -0.0449. The van der Waals surface area contributed by atoms with Crippen LogP contribution in [0.15, 0.2) is 53.3 Å². The maximum Gasteiger partial charge on any atom is 0.253 e. The number of thiocarbonyl (C=S) groups is 1. The highest BCUT2D eigenvalue weighted by Crippen LogP contribution is 2.20. The van der Waals surface area contributed by atoms with E-state index in [0.717, 1.165) is 86.4 Å². The van der Waals surface area contributed by atoms with E-state index in [-0.39, 0.29) is 5.56 Å². The minimum Gasteiger partial charge on any atom is -0.379 e. The van der Waals surface area contributed by atoms with Gasteiger partial charge >= 0.3 is 0 Å². The Bertz CT molecular complexity index is 1190. The minimum absolute atomic E-state index is 0.0449. The van der Waals surface area contributed by atoms with Crippen molar-refractivity contribution in [2.75, 3.05) is 45.9 Å². The van der Waals surface area contributed by atoms with Crippen molar-refractivity contribution in [3.8, 4) is 0 Å². The Morgan fingerprint density at radius 3 is 2.63 bits per heavy atom. The largest absolute Gasteiger partial charge is 0.379 e. The van der Waals surface area contributed by atoms with E-state index in [1.165, 1.54) is 5.56 Å². The number of aromatic nitrogens is 1. The molecule has 0 unspecified atom stereocenters. The zero-order chi connectivity index (χ0) is 24.6. The summed E-state index contributed by atoms with van der Waals surface area (Å²) in [7, 11) is 0. The van der Waals surface area contributed by atoms with Crippen molar-refractivity contribution in [3.63, 3.8) is 0 Å². The summed E-state index contributed by atoms with van der Waals surface area (Å²) in [4.78, 5) is 20.7. The summed E-state index contributed by atoms with van der Waals surface area (Å²) >= 11 is 5.81. The number of morpholine rings is 1. The van der Waals surface area contributed by atoms with Crippen LogP contribution in [0.3, 0.4) is 0 Å². The van der Waals surface area contributed by atoms with Crippen molar-refractivity contribution >= 4 is 28.2 Å². The fourth-order valence-electron chi connectivity index (χ4n) is 4.57. The van der Waals surface area contributed by atoms with Gasteiger partial charge in [0.1, 0.15) is 0 Å². The quantitative estimate of drug-likeness (QED) is 0.444. The molecule has 1 saturated heterocycles. The number of aromatic amines is 1. The maximum absolute atomic E-state index is 13.0. The second-order valence-electron chi connectivity index (χ2n) is 9.31. The summed E-state index contributed by atoms with van der Waals surface area (Å²) in [5, 5.41) is 5.22. The van der Waals surface area contributed by atoms with Gasteiger partial charge in [-0.25, -0.2) is 0 Å². The lowest BCUT2D eigenvalue weighted by atomic mass is 10.0. The number of ether oxygens (including phenoxy) is 1. The number of nitrogens with zero attached hydrogens (tertiary/aromatic N) is 2. The SMILES string of the molecule is Cc1ccc(C)c2[nH]c(=O)c(CN(CCCN3CCOCC3)C(=S)NCCc3ccccc3)cc12. The molecule has 0 bridgehead atoms. The average molecular weight is 493 g/mol. The Morgan fingerprint density at radius 1 is 1.11 bits per heavy atom. The standard InChI is InChI=1S/C28H36N4O2S/c1-21-9-10-22(2)26-25(21)19-24(27(33)30-26)20-32(14-6-13-31-15-17-34-18-16-31)28(35)29-12-11-23-7-4-3-5-8-23/h3-5,7-10,19H,6,11-18,20H2,1-2H3,(H,29,35)(H,30,33). The highest BCUT2D eigenvalue weighted by Gasteiger charge is 2.16. The lowest BCUT2D eigenvalue weighted by Gasteiger charge is -2.29. The number of fused-ring (bicyclic) bond motifs is 1. The molecule has 0 atom stereocenters. The van der Waals surface area contributed by atoms with Crippen molar-refractivity contribution in [3.05, 3.63) is 81.1 Å². The van der Waals surface area contributed by atoms with Crippen LogP contribution in [0, 0.1) is 13.8 Å². The summed E-state index contributed by atoms with van der Waals surface area (Å²) in [6, 6.07) is 16.6. The Hall–Kier alpha value is -2.74. The lowest BCUT2D eigenvalue weighted by Crippen LogP contribution is -2.43. The van der Waals surface area contributed by atoms with Gasteiger partial charge in [-0.1, -0.05) is 42.5 Å². The van der Waals surface area contributed by atoms with Crippen LogP contribution in [-0.2, 0) is 17.7 Å². The van der Waals surface area contributed by atoms with E-state index in [0.29, 0.717) is 11.7 Å². The number of pyridine rings is 1. The van der Waals surface area contributed by atoms with E-state index in [4.69, 9.17) is 17.0 Å². The first-order valence-electron chi connectivity index (χ1n) is 12.5. The molecule has 1 aromatic heterocycles. The smallest absolute Gasteiger partial charge is 0.253 e. The fourth-order valence-corrected chi connectivity index (χ4v) is 4.83. The van der Waals surface area contributed by atoms with Crippen molar-refractivity contribution < 1.29 is 4.74 Å². The highest BCUT2D eigenvalue weighted by molar-refractivity contribution is 7.80. The first-order chi connectivity index (χ1) is 17.0. The molecule has 4 rings (SSSR count). The van der Waals surface area contributed by atoms with E-state index in [2.05, 4.69) is 63.4 Å². The third-order valence-electron chi connectivity index (χ3n) is 6.71. The molecule has 1 aliphatic rings. The van der Waals surface area contributed by atoms with Crippen LogP contribution >= 0.6 is 12.2 Å². The predicted molar refractivity (Wildman–Crippen MR) is 147 cm³/mol. The molecule has 1 aliphatic heterocycles. The van der Waals surface area contributed by atoms with Gasteiger partial charge in [0, 0.05) is 43.7 Å². The molecule has 35 heavy (non-hydrogen) atoms. The van der Waals surface area contributed by atoms with Gasteiger partial charge in [-0.15, -0.1) is 0 Å². The number of nitrogens with one attached hydrogen (secondary N) is 2. The van der Waals surface area contributed by atoms with Gasteiger partial charge in [0.15, 0.2) is 5.11 Å². The lowest BCUT2D eigenvalue weighted by molar-refractivity contribution is 0.0367. The number of aryl methyl sites for hydroxylation is 2. The van der Waals surface area contributed by atoms with E-state index in [1.54, 1.807) is 0 Å². The Kier molecular flexibility index (Phi) is 8.90. The van der Waals surface area contributed by atoms with Gasteiger partial charge in [-0.2, -0.15) is 0 Å². The maximum atomic E-state index is 13.0. The normalized spacial score (nSPS) is 14.2. The molecule has 7 heteroatoms. The molecule has 186 valence electrons. The van der Waals surface area contributed by atoms with Gasteiger partial charge in [-0.05, 0) is 61.7 Å². The van der Waals surface area contributed by atoms with Crippen LogP contribution < -0.4 is 10.9 Å². The Balaban J connectivity index is 1.46. The van der Waals surface area contributed by atoms with E-state index < -0.39 is 0 Å².